The molecule has 4 heteroatoms. The standard InChI is InChI=1S/C6H12.2BrH.2Sn/c1-3-5-6-4-2;;;;/h1-6H2;2*1H;;/q;;;2*+1/p-2. The van der Waals surface area contributed by atoms with E-state index in [0.29, 0.717) is 0 Å². The second-order valence-electron chi connectivity index (χ2n) is 2.18. The van der Waals surface area contributed by atoms with Crippen molar-refractivity contribution in [3.8, 4) is 0 Å². The van der Waals surface area contributed by atoms with Gasteiger partial charge < -0.3 is 0 Å². The van der Waals surface area contributed by atoms with Crippen LogP contribution in [0.4, 0.5) is 0 Å². The van der Waals surface area contributed by atoms with Crippen molar-refractivity contribution in [2.45, 2.75) is 34.6 Å². The number of halogens is 2. The second-order valence-corrected chi connectivity index (χ2v) is 14.1. The fourth-order valence-corrected chi connectivity index (χ4v) is 6.69. The van der Waals surface area contributed by atoms with Gasteiger partial charge in [0.1, 0.15) is 0 Å². The van der Waals surface area contributed by atoms with Crippen molar-refractivity contribution >= 4 is 63.3 Å². The van der Waals surface area contributed by atoms with Crippen molar-refractivity contribution in [2.75, 3.05) is 0 Å². The summed E-state index contributed by atoms with van der Waals surface area (Å²) in [5, 5.41) is 0. The summed E-state index contributed by atoms with van der Waals surface area (Å²) in [7, 11) is 0. The predicted octanol–water partition coefficient (Wildman–Crippen LogP) is 3.41. The van der Waals surface area contributed by atoms with Gasteiger partial charge in [-0.1, -0.05) is 0 Å². The number of hydrogen-bond acceptors (Lipinski definition) is 0. The van der Waals surface area contributed by atoms with Crippen LogP contribution in [0.2, 0.25) is 8.87 Å². The number of unbranched alkanes of at least 4 members (excludes halogenated alkanes) is 3. The van der Waals surface area contributed by atoms with Crippen LogP contribution in [0, 0.1) is 0 Å². The Bertz CT molecular complexity index is 53.7. The summed E-state index contributed by atoms with van der Waals surface area (Å²) in [5.74, 6) is 0. The molecule has 0 saturated heterocycles. The van der Waals surface area contributed by atoms with Gasteiger partial charge in [0.2, 0.25) is 0 Å². The van der Waals surface area contributed by atoms with E-state index in [1.807, 2.05) is 0 Å². The third kappa shape index (κ3) is 10.6. The van der Waals surface area contributed by atoms with E-state index in [1.54, 1.807) is 0 Å². The Labute approximate surface area is 96.2 Å². The summed E-state index contributed by atoms with van der Waals surface area (Å²) in [4.78, 5) is 0. The molecule has 0 heterocycles. The molecule has 10 heavy (non-hydrogen) atoms. The van der Waals surface area contributed by atoms with Crippen molar-refractivity contribution in [2.24, 2.45) is 0 Å². The van der Waals surface area contributed by atoms with E-state index in [-0.39, 0.29) is 37.8 Å². The molecule has 0 aliphatic rings. The Kier molecular flexibility index (Phi) is 14.5. The Hall–Kier alpha value is 2.56. The van der Waals surface area contributed by atoms with Crippen LogP contribution in [0.5, 0.6) is 0 Å². The minimum atomic E-state index is -0.0343. The molecule has 0 N–H and O–H groups in total. The van der Waals surface area contributed by atoms with Gasteiger partial charge in [-0.15, -0.1) is 0 Å². The van der Waals surface area contributed by atoms with Crippen molar-refractivity contribution in [1.82, 2.24) is 0 Å². The van der Waals surface area contributed by atoms with Gasteiger partial charge in [0, 0.05) is 0 Å². The predicted molar refractivity (Wildman–Crippen MR) is 57.4 cm³/mol. The van der Waals surface area contributed by atoms with E-state index < -0.39 is 0 Å². The molecule has 0 bridgehead atoms. The maximum atomic E-state index is 3.60. The quantitative estimate of drug-likeness (QED) is 0.387. The molecular weight excluding hydrogens is 469 g/mol. The molecule has 0 aromatic rings. The van der Waals surface area contributed by atoms with Gasteiger partial charge in [-0.05, 0) is 0 Å². The third-order valence-corrected chi connectivity index (χ3v) is 9.71. The van der Waals surface area contributed by atoms with E-state index in [2.05, 4.69) is 25.4 Å². The first-order valence-electron chi connectivity index (χ1n) is 3.59. The monoisotopic (exact) mass is 482 g/mol. The van der Waals surface area contributed by atoms with E-state index in [1.165, 1.54) is 34.6 Å². The fourth-order valence-electron chi connectivity index (χ4n) is 0.737. The van der Waals surface area contributed by atoms with E-state index in [4.69, 9.17) is 0 Å². The Morgan fingerprint density at radius 1 is 0.700 bits per heavy atom. The van der Waals surface area contributed by atoms with Crippen LogP contribution in [0.3, 0.4) is 0 Å². The summed E-state index contributed by atoms with van der Waals surface area (Å²) >= 11 is 7.14. The van der Waals surface area contributed by atoms with Gasteiger partial charge in [0.05, 0.1) is 0 Å². The number of hydrogen-bond donors (Lipinski definition) is 0. The molecule has 0 aliphatic carbocycles. The zero-order chi connectivity index (χ0) is 7.66. The molecule has 0 spiro atoms. The van der Waals surface area contributed by atoms with Crippen LogP contribution >= 0.6 is 25.4 Å². The van der Waals surface area contributed by atoms with Crippen LogP contribution in [-0.4, -0.2) is 37.8 Å². The molecule has 0 aromatic heterocycles. The van der Waals surface area contributed by atoms with Crippen LogP contribution in [0.15, 0.2) is 0 Å². The van der Waals surface area contributed by atoms with Gasteiger partial charge in [-0.25, -0.2) is 0 Å². The van der Waals surface area contributed by atoms with Crippen molar-refractivity contribution in [1.29, 1.82) is 0 Å². The molecule has 58 valence electrons. The average molecular weight is 481 g/mol. The van der Waals surface area contributed by atoms with E-state index >= 15 is 0 Å². The molecule has 0 aromatic carbocycles. The second kappa shape index (κ2) is 11.6. The molecule has 0 nitrogen and oxygen atoms in total. The minimum absolute atomic E-state index is 0.0343. The van der Waals surface area contributed by atoms with Gasteiger partial charge in [-0.3, -0.25) is 0 Å². The Morgan fingerprint density at radius 2 is 1.10 bits per heavy atom. The molecule has 0 amide bonds. The molecule has 0 atom stereocenters. The summed E-state index contributed by atoms with van der Waals surface area (Å²) in [6.07, 6.45) is 5.95. The molecule has 0 aliphatic heterocycles. The number of rotatable bonds is 7. The molecule has 0 unspecified atom stereocenters. The third-order valence-electron chi connectivity index (χ3n) is 1.29. The fraction of sp³-hybridized carbons (Fsp3) is 1.00. The first-order valence-corrected chi connectivity index (χ1v) is 20.4. The molecular formula is C6H12Br2Sn2. The van der Waals surface area contributed by atoms with Gasteiger partial charge >= 0.3 is 97.8 Å². The summed E-state index contributed by atoms with van der Waals surface area (Å²) in [6.45, 7) is 0. The van der Waals surface area contributed by atoms with E-state index in [0.717, 1.165) is 0 Å². The topological polar surface area (TPSA) is 0 Å². The molecule has 0 saturated carbocycles. The summed E-state index contributed by atoms with van der Waals surface area (Å²) < 4.78 is 3.05. The summed E-state index contributed by atoms with van der Waals surface area (Å²) in [6, 6.07) is 0. The van der Waals surface area contributed by atoms with Gasteiger partial charge in [0.25, 0.3) is 0 Å². The molecule has 4 radical (unpaired) electrons. The van der Waals surface area contributed by atoms with Crippen LogP contribution in [0.1, 0.15) is 25.7 Å². The maximum absolute atomic E-state index is 3.60. The Morgan fingerprint density at radius 3 is 1.40 bits per heavy atom. The molecule has 0 fully saturated rings. The zero-order valence-electron chi connectivity index (χ0n) is 6.00. The van der Waals surface area contributed by atoms with Crippen molar-refractivity contribution in [3.05, 3.63) is 0 Å². The Balaban J connectivity index is 2.65. The van der Waals surface area contributed by atoms with Gasteiger partial charge in [0.15, 0.2) is 0 Å². The van der Waals surface area contributed by atoms with Crippen LogP contribution in [-0.2, 0) is 0 Å². The van der Waals surface area contributed by atoms with Gasteiger partial charge in [-0.2, -0.15) is 0 Å². The first-order chi connectivity index (χ1) is 4.91. The normalized spacial score (nSPS) is 10.2. The van der Waals surface area contributed by atoms with Crippen LogP contribution < -0.4 is 0 Å². The zero-order valence-corrected chi connectivity index (χ0v) is 14.9. The average Bonchev–Trinajstić information content (AvgIpc) is 1.97. The molecule has 0 rings (SSSR count). The summed E-state index contributed by atoms with van der Waals surface area (Å²) in [5.41, 5.74) is 0. The van der Waals surface area contributed by atoms with Crippen LogP contribution in [0.25, 0.3) is 0 Å². The van der Waals surface area contributed by atoms with Crippen molar-refractivity contribution < 1.29 is 0 Å². The first kappa shape index (κ1) is 12.6. The van der Waals surface area contributed by atoms with E-state index in [9.17, 15) is 0 Å². The van der Waals surface area contributed by atoms with Crippen molar-refractivity contribution in [3.63, 3.8) is 0 Å². The SMILES string of the molecule is [Br][Sn][CH2]CCCC[CH2][Sn][Br].